The number of hydrogen-bond donors (Lipinski definition) is 4. The Balaban J connectivity index is 1.54. The van der Waals surface area contributed by atoms with Crippen LogP contribution in [-0.4, -0.2) is 42.0 Å². The molecule has 0 aromatic heterocycles. The number of carbonyl (C=O) groups is 1. The van der Waals surface area contributed by atoms with E-state index < -0.39 is 0 Å². The molecular weight excluding hydrogens is 480 g/mol. The zero-order valence-corrected chi connectivity index (χ0v) is 19.5. The summed E-state index contributed by atoms with van der Waals surface area (Å²) in [4.78, 5) is 19.3. The lowest BCUT2D eigenvalue weighted by molar-refractivity contribution is -0.113. The molecule has 0 spiro atoms. The van der Waals surface area contributed by atoms with Crippen LogP contribution in [0.1, 0.15) is 6.92 Å². The second-order valence-electron chi connectivity index (χ2n) is 7.19. The Bertz CT molecular complexity index is 1020. The molecule has 4 rings (SSSR count). The predicted molar refractivity (Wildman–Crippen MR) is 129 cm³/mol. The van der Waals surface area contributed by atoms with E-state index in [1.54, 1.807) is 19.2 Å². The predicted octanol–water partition coefficient (Wildman–Crippen LogP) is 3.42. The third-order valence-electron chi connectivity index (χ3n) is 5.13. The van der Waals surface area contributed by atoms with Crippen LogP contribution < -0.4 is 25.8 Å². The highest BCUT2D eigenvalue weighted by atomic mass is 79.9. The Morgan fingerprint density at radius 2 is 2.00 bits per heavy atom. The van der Waals surface area contributed by atoms with Crippen LogP contribution in [0.5, 0.6) is 5.75 Å². The summed E-state index contributed by atoms with van der Waals surface area (Å²) in [7, 11) is 1.57. The fourth-order valence-electron chi connectivity index (χ4n) is 3.60. The van der Waals surface area contributed by atoms with Gasteiger partial charge >= 0.3 is 0 Å². The molecule has 10 heteroatoms. The molecule has 2 aromatic carbocycles. The number of anilines is 2. The maximum Gasteiger partial charge on any atom is 0.234 e. The van der Waals surface area contributed by atoms with Crippen molar-refractivity contribution in [3.8, 4) is 5.75 Å². The van der Waals surface area contributed by atoms with Gasteiger partial charge in [-0.05, 0) is 43.3 Å². The van der Waals surface area contributed by atoms with Gasteiger partial charge in [-0.15, -0.1) is 0 Å². The number of para-hydroxylation sites is 2. The van der Waals surface area contributed by atoms with Crippen LogP contribution >= 0.6 is 27.7 Å². The number of nitrogens with zero attached hydrogens (tertiary/aromatic N) is 2. The highest BCUT2D eigenvalue weighted by molar-refractivity contribution is 9.10. The summed E-state index contributed by atoms with van der Waals surface area (Å²) < 4.78 is 6.25. The molecule has 162 valence electrons. The number of carbonyl (C=O) groups excluding carboxylic acids is 1. The van der Waals surface area contributed by atoms with Crippen molar-refractivity contribution in [3.63, 3.8) is 0 Å². The van der Waals surface area contributed by atoms with Gasteiger partial charge in [-0.25, -0.2) is 10.4 Å². The number of benzene rings is 2. The summed E-state index contributed by atoms with van der Waals surface area (Å²) in [6.45, 7) is 2.03. The third-order valence-corrected chi connectivity index (χ3v) is 6.61. The molecule has 1 fully saturated rings. The summed E-state index contributed by atoms with van der Waals surface area (Å²) in [5.74, 6) is 0.924. The monoisotopic (exact) mass is 502 g/mol. The number of hydrazine groups is 1. The number of aliphatic imine (C=N–C) groups is 1. The number of amidine groups is 2. The first-order chi connectivity index (χ1) is 15.0. The largest absolute Gasteiger partial charge is 0.495 e. The second-order valence-corrected chi connectivity index (χ2v) is 9.05. The van der Waals surface area contributed by atoms with Crippen molar-refractivity contribution in [2.75, 3.05) is 23.1 Å². The van der Waals surface area contributed by atoms with Crippen molar-refractivity contribution in [2.24, 2.45) is 10.9 Å². The topological polar surface area (TPSA) is 102 Å². The molecular formula is C21H23BrN6O2S. The van der Waals surface area contributed by atoms with Crippen molar-refractivity contribution < 1.29 is 9.53 Å². The number of hydrogen-bond acceptors (Lipinski definition) is 7. The summed E-state index contributed by atoms with van der Waals surface area (Å²) in [6.07, 6.45) is -0.242. The van der Waals surface area contributed by atoms with Gasteiger partial charge < -0.3 is 10.1 Å². The summed E-state index contributed by atoms with van der Waals surface area (Å²) in [5.41, 5.74) is 7.77. The number of thioether (sulfide) groups is 1. The number of methoxy groups -OCH3 is 1. The fraction of sp³-hybridized carbons (Fsp3) is 0.286. The van der Waals surface area contributed by atoms with Crippen molar-refractivity contribution in [3.05, 3.63) is 53.0 Å². The molecule has 0 radical (unpaired) electrons. The van der Waals surface area contributed by atoms with Crippen LogP contribution in [-0.2, 0) is 4.79 Å². The van der Waals surface area contributed by atoms with Gasteiger partial charge in [0.1, 0.15) is 17.8 Å². The van der Waals surface area contributed by atoms with Gasteiger partial charge in [0.15, 0.2) is 5.17 Å². The molecule has 2 aromatic rings. The number of ether oxygens (including phenoxy) is 1. The minimum absolute atomic E-state index is 0.0691. The smallest absolute Gasteiger partial charge is 0.234 e. The average molecular weight is 503 g/mol. The lowest BCUT2D eigenvalue weighted by atomic mass is 9.97. The number of fused-ring (bicyclic) bond motifs is 1. The Morgan fingerprint density at radius 1 is 1.26 bits per heavy atom. The Labute approximate surface area is 193 Å². The average Bonchev–Trinajstić information content (AvgIpc) is 3.14. The maximum atomic E-state index is 12.6. The molecule has 3 atom stereocenters. The molecule has 31 heavy (non-hydrogen) atoms. The van der Waals surface area contributed by atoms with Crippen LogP contribution in [0.25, 0.3) is 0 Å². The molecule has 1 saturated heterocycles. The van der Waals surface area contributed by atoms with E-state index in [1.807, 2.05) is 48.2 Å². The van der Waals surface area contributed by atoms with E-state index in [-0.39, 0.29) is 29.8 Å². The van der Waals surface area contributed by atoms with Crippen LogP contribution in [0.3, 0.4) is 0 Å². The quantitative estimate of drug-likeness (QED) is 0.499. The lowest BCUT2D eigenvalue weighted by Crippen LogP contribution is -2.50. The third kappa shape index (κ3) is 4.62. The minimum atomic E-state index is -0.242. The SMILES string of the molecule is COc1ccccc1NC(=O)CSC1=NC2NNC(C)C2C(=N)N1c1ccc(Br)cc1. The first kappa shape index (κ1) is 21.8. The van der Waals surface area contributed by atoms with Crippen LogP contribution in [0.2, 0.25) is 0 Å². The Kier molecular flexibility index (Phi) is 6.61. The maximum absolute atomic E-state index is 12.6. The van der Waals surface area contributed by atoms with E-state index in [2.05, 4.69) is 32.1 Å². The van der Waals surface area contributed by atoms with Crippen molar-refractivity contribution in [2.45, 2.75) is 19.1 Å². The molecule has 0 aliphatic carbocycles. The normalized spacial score (nSPS) is 22.7. The molecule has 8 nitrogen and oxygen atoms in total. The minimum Gasteiger partial charge on any atom is -0.495 e. The van der Waals surface area contributed by atoms with E-state index in [4.69, 9.17) is 15.1 Å². The van der Waals surface area contributed by atoms with Gasteiger partial charge in [0, 0.05) is 16.2 Å². The van der Waals surface area contributed by atoms with Gasteiger partial charge in [-0.1, -0.05) is 39.8 Å². The van der Waals surface area contributed by atoms with E-state index in [0.717, 1.165) is 10.2 Å². The lowest BCUT2D eigenvalue weighted by Gasteiger charge is -2.35. The van der Waals surface area contributed by atoms with Crippen molar-refractivity contribution in [1.29, 1.82) is 5.41 Å². The highest BCUT2D eigenvalue weighted by Crippen LogP contribution is 2.32. The number of amides is 1. The van der Waals surface area contributed by atoms with Crippen LogP contribution in [0.4, 0.5) is 11.4 Å². The van der Waals surface area contributed by atoms with Gasteiger partial charge in [-0.3, -0.25) is 20.5 Å². The van der Waals surface area contributed by atoms with Crippen LogP contribution in [0.15, 0.2) is 58.0 Å². The Hall–Kier alpha value is -2.40. The van der Waals surface area contributed by atoms with Crippen LogP contribution in [0, 0.1) is 11.3 Å². The zero-order chi connectivity index (χ0) is 22.0. The summed E-state index contributed by atoms with van der Waals surface area (Å²) >= 11 is 4.76. The molecule has 0 bridgehead atoms. The van der Waals surface area contributed by atoms with Crippen molar-refractivity contribution >= 4 is 56.0 Å². The molecule has 2 aliphatic rings. The first-order valence-electron chi connectivity index (χ1n) is 9.76. The molecule has 2 aliphatic heterocycles. The Morgan fingerprint density at radius 3 is 2.74 bits per heavy atom. The van der Waals surface area contributed by atoms with E-state index in [9.17, 15) is 4.79 Å². The second kappa shape index (κ2) is 9.39. The van der Waals surface area contributed by atoms with Gasteiger partial charge in [-0.2, -0.15) is 0 Å². The molecule has 2 heterocycles. The fourth-order valence-corrected chi connectivity index (χ4v) is 4.72. The number of halogens is 1. The van der Waals surface area contributed by atoms with E-state index >= 15 is 0 Å². The standard InChI is InChI=1S/C21H23BrN6O2S/c1-12-18-19(23)28(14-9-7-13(22)8-10-14)21(25-20(18)27-26-12)31-11-17(29)24-15-5-3-4-6-16(15)30-2/h3-10,12,18,20,23,26-27H,11H2,1-2H3,(H,24,29). The zero-order valence-electron chi connectivity index (χ0n) is 17.1. The van der Waals surface area contributed by atoms with Gasteiger partial charge in [0.2, 0.25) is 5.91 Å². The molecule has 0 saturated carbocycles. The van der Waals surface area contributed by atoms with Gasteiger partial charge in [0.05, 0.1) is 24.5 Å². The number of rotatable bonds is 5. The molecule has 1 amide bonds. The summed E-state index contributed by atoms with van der Waals surface area (Å²) in [6, 6.07) is 15.1. The first-order valence-corrected chi connectivity index (χ1v) is 11.5. The number of nitrogens with one attached hydrogen (secondary N) is 4. The van der Waals surface area contributed by atoms with Crippen molar-refractivity contribution in [1.82, 2.24) is 10.9 Å². The highest BCUT2D eigenvalue weighted by Gasteiger charge is 2.43. The van der Waals surface area contributed by atoms with Gasteiger partial charge in [0.25, 0.3) is 0 Å². The van der Waals surface area contributed by atoms with E-state index in [0.29, 0.717) is 22.4 Å². The molecule has 3 unspecified atom stereocenters. The summed E-state index contributed by atoms with van der Waals surface area (Å²) in [5, 5.41) is 12.4. The molecule has 4 N–H and O–H groups in total. The van der Waals surface area contributed by atoms with E-state index in [1.165, 1.54) is 11.8 Å².